The number of anilines is 1. The zero-order chi connectivity index (χ0) is 22.6. The molecule has 1 heterocycles. The lowest BCUT2D eigenvalue weighted by atomic mass is 10.1. The van der Waals surface area contributed by atoms with Crippen molar-refractivity contribution in [3.63, 3.8) is 0 Å². The molecule has 3 rings (SSSR count). The smallest absolute Gasteiger partial charge is 0.414 e. The number of aromatic nitrogens is 1. The van der Waals surface area contributed by atoms with Gasteiger partial charge in [0.15, 0.2) is 0 Å². The topological polar surface area (TPSA) is 51.7 Å². The fourth-order valence-corrected chi connectivity index (χ4v) is 3.27. The molecule has 2 aromatic carbocycles. The fourth-order valence-electron chi connectivity index (χ4n) is 3.27. The number of amides is 1. The third-order valence-corrected chi connectivity index (χ3v) is 5.09. The van der Waals surface area contributed by atoms with Crippen LogP contribution in [0.2, 0.25) is 0 Å². The minimum absolute atomic E-state index is 0.218. The maximum absolute atomic E-state index is 12.3. The van der Waals surface area contributed by atoms with Gasteiger partial charge in [-0.15, -0.1) is 0 Å². The molecule has 0 atom stereocenters. The van der Waals surface area contributed by atoms with Crippen LogP contribution in [0.15, 0.2) is 54.6 Å². The first kappa shape index (κ1) is 22.6. The highest BCUT2D eigenvalue weighted by molar-refractivity contribution is 5.88. The van der Waals surface area contributed by atoms with Gasteiger partial charge >= 0.3 is 6.09 Å². The summed E-state index contributed by atoms with van der Waals surface area (Å²) in [6, 6.07) is 17.9. The zero-order valence-corrected chi connectivity index (χ0v) is 19.3. The van der Waals surface area contributed by atoms with Crippen molar-refractivity contribution in [1.29, 1.82) is 0 Å². The Kier molecular flexibility index (Phi) is 6.84. The van der Waals surface area contributed by atoms with Crippen molar-refractivity contribution in [3.05, 3.63) is 54.6 Å². The van der Waals surface area contributed by atoms with E-state index in [1.165, 1.54) is 4.90 Å². The van der Waals surface area contributed by atoms with Crippen LogP contribution in [0.5, 0.6) is 5.75 Å². The Morgan fingerprint density at radius 2 is 1.65 bits per heavy atom. The molecule has 3 aromatic rings. The molecule has 0 bridgehead atoms. The molecular formula is C26H32N2O3. The average molecular weight is 421 g/mol. The van der Waals surface area contributed by atoms with Gasteiger partial charge in [0.1, 0.15) is 11.4 Å². The number of pyridine rings is 1. The maximum atomic E-state index is 12.3. The molecule has 0 aliphatic carbocycles. The number of carbonyl (C=O) groups is 1. The summed E-state index contributed by atoms with van der Waals surface area (Å²) in [5.41, 5.74) is 2.99. The van der Waals surface area contributed by atoms with Crippen LogP contribution in [0.3, 0.4) is 0 Å². The van der Waals surface area contributed by atoms with E-state index < -0.39 is 5.60 Å². The van der Waals surface area contributed by atoms with Crippen molar-refractivity contribution < 1.29 is 14.3 Å². The molecule has 0 spiro atoms. The van der Waals surface area contributed by atoms with E-state index in [9.17, 15) is 4.79 Å². The molecular weight excluding hydrogens is 388 g/mol. The quantitative estimate of drug-likeness (QED) is 0.438. The minimum Gasteiger partial charge on any atom is -0.490 e. The first-order valence-corrected chi connectivity index (χ1v) is 10.8. The summed E-state index contributed by atoms with van der Waals surface area (Å²) in [6.45, 7) is 9.84. The number of rotatable bonds is 6. The van der Waals surface area contributed by atoms with Gasteiger partial charge in [0.25, 0.3) is 0 Å². The predicted molar refractivity (Wildman–Crippen MR) is 127 cm³/mol. The molecule has 0 radical (unpaired) electrons. The summed E-state index contributed by atoms with van der Waals surface area (Å²) in [6.07, 6.45) is 1.79. The third kappa shape index (κ3) is 5.75. The number of fused-ring (bicyclic) bond motifs is 1. The lowest BCUT2D eigenvalue weighted by molar-refractivity contribution is 0.0589. The summed E-state index contributed by atoms with van der Waals surface area (Å²) in [7, 11) is 1.71. The molecule has 0 fully saturated rings. The van der Waals surface area contributed by atoms with Crippen molar-refractivity contribution >= 4 is 22.7 Å². The van der Waals surface area contributed by atoms with E-state index in [0.717, 1.165) is 46.4 Å². The van der Waals surface area contributed by atoms with Crippen molar-refractivity contribution in [2.75, 3.05) is 11.9 Å². The van der Waals surface area contributed by atoms with E-state index >= 15 is 0 Å². The van der Waals surface area contributed by atoms with Gasteiger partial charge in [-0.25, -0.2) is 9.78 Å². The Morgan fingerprint density at radius 3 is 2.26 bits per heavy atom. The van der Waals surface area contributed by atoms with Gasteiger partial charge in [-0.2, -0.15) is 0 Å². The zero-order valence-electron chi connectivity index (χ0n) is 19.3. The summed E-state index contributed by atoms with van der Waals surface area (Å²) in [5, 5.41) is 1.07. The van der Waals surface area contributed by atoms with E-state index in [2.05, 4.69) is 19.9 Å². The standard InChI is InChI=1S/C26H32N2O3/c1-7-21(8-2)30-22-15-11-19-12-16-23(27-24(19)17-22)18-9-13-20(14-10-18)28(6)25(29)31-26(3,4)5/h9-17,21H,7-8H2,1-6H3. The summed E-state index contributed by atoms with van der Waals surface area (Å²) in [5.74, 6) is 0.847. The van der Waals surface area contributed by atoms with Crippen LogP contribution in [0.1, 0.15) is 47.5 Å². The average Bonchev–Trinajstić information content (AvgIpc) is 2.75. The van der Waals surface area contributed by atoms with Gasteiger partial charge in [-0.1, -0.05) is 32.0 Å². The second-order valence-corrected chi connectivity index (χ2v) is 8.69. The Labute approximate surface area is 185 Å². The molecule has 0 aliphatic rings. The second-order valence-electron chi connectivity index (χ2n) is 8.69. The molecule has 164 valence electrons. The Morgan fingerprint density at radius 1 is 1.00 bits per heavy atom. The lowest BCUT2D eigenvalue weighted by Crippen LogP contribution is -2.34. The number of nitrogens with zero attached hydrogens (tertiary/aromatic N) is 2. The van der Waals surface area contributed by atoms with E-state index in [1.807, 2.05) is 69.3 Å². The molecule has 5 heteroatoms. The van der Waals surface area contributed by atoms with Gasteiger partial charge < -0.3 is 9.47 Å². The molecule has 0 saturated heterocycles. The van der Waals surface area contributed by atoms with Crippen molar-refractivity contribution in [3.8, 4) is 17.0 Å². The number of hydrogen-bond donors (Lipinski definition) is 0. The summed E-state index contributed by atoms with van der Waals surface area (Å²) >= 11 is 0. The third-order valence-electron chi connectivity index (χ3n) is 5.09. The van der Waals surface area contributed by atoms with Crippen LogP contribution in [0.4, 0.5) is 10.5 Å². The highest BCUT2D eigenvalue weighted by Crippen LogP contribution is 2.27. The molecule has 0 saturated carbocycles. The SMILES string of the molecule is CCC(CC)Oc1ccc2ccc(-c3ccc(N(C)C(=O)OC(C)(C)C)cc3)nc2c1. The van der Waals surface area contributed by atoms with E-state index in [0.29, 0.717) is 0 Å². The molecule has 31 heavy (non-hydrogen) atoms. The van der Waals surface area contributed by atoms with Crippen LogP contribution in [0, 0.1) is 0 Å². The Bertz CT molecular complexity index is 1030. The monoisotopic (exact) mass is 420 g/mol. The van der Waals surface area contributed by atoms with Crippen LogP contribution >= 0.6 is 0 Å². The molecule has 0 aliphatic heterocycles. The fraction of sp³-hybridized carbons (Fsp3) is 0.385. The molecule has 1 aromatic heterocycles. The molecule has 0 unspecified atom stereocenters. The van der Waals surface area contributed by atoms with Crippen LogP contribution < -0.4 is 9.64 Å². The second kappa shape index (κ2) is 9.38. The number of carbonyl (C=O) groups excluding carboxylic acids is 1. The van der Waals surface area contributed by atoms with E-state index in [4.69, 9.17) is 14.5 Å². The number of benzene rings is 2. The Balaban J connectivity index is 1.82. The maximum Gasteiger partial charge on any atom is 0.414 e. The minimum atomic E-state index is -0.531. The van der Waals surface area contributed by atoms with E-state index in [-0.39, 0.29) is 12.2 Å². The normalized spacial score (nSPS) is 11.6. The molecule has 0 N–H and O–H groups in total. The first-order valence-electron chi connectivity index (χ1n) is 10.8. The number of ether oxygens (including phenoxy) is 2. The Hall–Kier alpha value is -3.08. The summed E-state index contributed by atoms with van der Waals surface area (Å²) < 4.78 is 11.5. The molecule has 5 nitrogen and oxygen atoms in total. The van der Waals surface area contributed by atoms with Gasteiger partial charge in [0.05, 0.1) is 17.3 Å². The van der Waals surface area contributed by atoms with Gasteiger partial charge in [0, 0.05) is 29.8 Å². The summed E-state index contributed by atoms with van der Waals surface area (Å²) in [4.78, 5) is 18.6. The molecule has 1 amide bonds. The van der Waals surface area contributed by atoms with Crippen molar-refractivity contribution in [2.45, 2.75) is 59.2 Å². The van der Waals surface area contributed by atoms with Gasteiger partial charge in [-0.05, 0) is 63.9 Å². The van der Waals surface area contributed by atoms with Gasteiger partial charge in [-0.3, -0.25) is 4.90 Å². The highest BCUT2D eigenvalue weighted by Gasteiger charge is 2.20. The van der Waals surface area contributed by atoms with Crippen molar-refractivity contribution in [1.82, 2.24) is 4.98 Å². The number of hydrogen-bond acceptors (Lipinski definition) is 4. The largest absolute Gasteiger partial charge is 0.490 e. The first-order chi connectivity index (χ1) is 14.7. The lowest BCUT2D eigenvalue weighted by Gasteiger charge is -2.24. The van der Waals surface area contributed by atoms with Gasteiger partial charge in [0.2, 0.25) is 0 Å². The van der Waals surface area contributed by atoms with E-state index in [1.54, 1.807) is 7.05 Å². The van der Waals surface area contributed by atoms with Crippen molar-refractivity contribution in [2.24, 2.45) is 0 Å². The van der Waals surface area contributed by atoms with Crippen LogP contribution in [-0.4, -0.2) is 29.8 Å². The van der Waals surface area contributed by atoms with Crippen LogP contribution in [0.25, 0.3) is 22.2 Å². The highest BCUT2D eigenvalue weighted by atomic mass is 16.6. The van der Waals surface area contributed by atoms with Crippen LogP contribution in [-0.2, 0) is 4.74 Å². The predicted octanol–water partition coefficient (Wildman–Crippen LogP) is 6.84.